The Labute approximate surface area is 167 Å². The van der Waals surface area contributed by atoms with Gasteiger partial charge in [-0.3, -0.25) is 14.4 Å². The van der Waals surface area contributed by atoms with Gasteiger partial charge in [-0.15, -0.1) is 0 Å². The smallest absolute Gasteiger partial charge is 0.275 e. The van der Waals surface area contributed by atoms with Gasteiger partial charge in [0.05, 0.1) is 11.9 Å². The summed E-state index contributed by atoms with van der Waals surface area (Å²) < 4.78 is 6.22. The lowest BCUT2D eigenvalue weighted by atomic mass is 10.1. The quantitative estimate of drug-likeness (QED) is 0.682. The molecule has 3 aromatic rings. The lowest BCUT2D eigenvalue weighted by molar-refractivity contribution is -0.116. The fourth-order valence-corrected chi connectivity index (χ4v) is 2.94. The molecule has 0 atom stereocenters. The van der Waals surface area contributed by atoms with Crippen molar-refractivity contribution in [2.24, 2.45) is 5.92 Å². The molecule has 0 spiro atoms. The molecule has 2 aromatic heterocycles. The van der Waals surface area contributed by atoms with Crippen molar-refractivity contribution in [2.45, 2.75) is 27.3 Å². The number of nitrogens with one attached hydrogen (secondary N) is 1. The maximum Gasteiger partial charge on any atom is 0.275 e. The maximum atomic E-state index is 13.0. The first-order valence-electron chi connectivity index (χ1n) is 9.24. The maximum absolute atomic E-state index is 13.0. The molecule has 0 aliphatic heterocycles. The molecule has 9 heteroatoms. The highest BCUT2D eigenvalue weighted by atomic mass is 16.5. The fourth-order valence-electron chi connectivity index (χ4n) is 2.94. The van der Waals surface area contributed by atoms with Crippen LogP contribution in [0.15, 0.2) is 39.6 Å². The van der Waals surface area contributed by atoms with Crippen LogP contribution in [0.25, 0.3) is 10.8 Å². The van der Waals surface area contributed by atoms with Crippen molar-refractivity contribution in [1.29, 1.82) is 0 Å². The summed E-state index contributed by atoms with van der Waals surface area (Å²) in [5.41, 5.74) is -0.110. The molecule has 0 radical (unpaired) electrons. The van der Waals surface area contributed by atoms with Gasteiger partial charge in [-0.1, -0.05) is 37.2 Å². The van der Waals surface area contributed by atoms with Gasteiger partial charge < -0.3 is 14.7 Å². The Balaban J connectivity index is 1.88. The summed E-state index contributed by atoms with van der Waals surface area (Å²) in [6.07, 6.45) is 0. The number of nitrogens with zero attached hydrogens (tertiary/aromatic N) is 4. The highest BCUT2D eigenvalue weighted by Gasteiger charge is 2.22. The minimum Gasteiger partial charge on any atom is -0.360 e. The number of aromatic nitrogens is 3. The third kappa shape index (κ3) is 4.50. The number of carbonyl (C=O) groups excluding carboxylic acids is 2. The number of rotatable bonds is 6. The molecule has 152 valence electrons. The SMILES string of the molecule is Cc1cc(NC(=O)CN(C)C(=O)c2nn(CC(C)C)c(=O)c3ccccc23)no1. The monoisotopic (exact) mass is 397 g/mol. The van der Waals surface area contributed by atoms with Crippen LogP contribution in [-0.4, -0.2) is 45.2 Å². The number of amides is 2. The normalized spacial score (nSPS) is 11.1. The summed E-state index contributed by atoms with van der Waals surface area (Å²) in [4.78, 5) is 39.2. The van der Waals surface area contributed by atoms with Gasteiger partial charge in [-0.05, 0) is 18.9 Å². The Hall–Kier alpha value is -3.49. The van der Waals surface area contributed by atoms with E-state index < -0.39 is 11.8 Å². The van der Waals surface area contributed by atoms with Gasteiger partial charge in [-0.25, -0.2) is 4.68 Å². The third-order valence-corrected chi connectivity index (χ3v) is 4.23. The van der Waals surface area contributed by atoms with Gasteiger partial charge >= 0.3 is 0 Å². The van der Waals surface area contributed by atoms with E-state index in [0.29, 0.717) is 23.1 Å². The van der Waals surface area contributed by atoms with Crippen molar-refractivity contribution in [3.63, 3.8) is 0 Å². The largest absolute Gasteiger partial charge is 0.360 e. The molecule has 0 aliphatic carbocycles. The van der Waals surface area contributed by atoms with E-state index in [-0.39, 0.29) is 29.5 Å². The van der Waals surface area contributed by atoms with E-state index in [9.17, 15) is 14.4 Å². The number of benzene rings is 1. The van der Waals surface area contributed by atoms with Crippen LogP contribution in [0.5, 0.6) is 0 Å². The van der Waals surface area contributed by atoms with Crippen molar-refractivity contribution < 1.29 is 14.1 Å². The third-order valence-electron chi connectivity index (χ3n) is 4.23. The first-order valence-corrected chi connectivity index (χ1v) is 9.24. The highest BCUT2D eigenvalue weighted by Crippen LogP contribution is 2.15. The molecular formula is C20H23N5O4. The molecule has 3 rings (SSSR count). The van der Waals surface area contributed by atoms with Crippen LogP contribution in [0, 0.1) is 12.8 Å². The molecule has 9 nitrogen and oxygen atoms in total. The summed E-state index contributed by atoms with van der Waals surface area (Å²) in [5, 5.41) is 11.5. The van der Waals surface area contributed by atoms with E-state index in [4.69, 9.17) is 4.52 Å². The number of likely N-dealkylation sites (N-methyl/N-ethyl adjacent to an activating group) is 1. The Morgan fingerprint density at radius 3 is 2.55 bits per heavy atom. The lowest BCUT2D eigenvalue weighted by Crippen LogP contribution is -2.37. The second kappa shape index (κ2) is 8.26. The van der Waals surface area contributed by atoms with E-state index in [1.807, 2.05) is 13.8 Å². The zero-order valence-electron chi connectivity index (χ0n) is 16.8. The van der Waals surface area contributed by atoms with E-state index >= 15 is 0 Å². The zero-order chi connectivity index (χ0) is 21.1. The minimum absolute atomic E-state index is 0.133. The molecule has 0 bridgehead atoms. The molecule has 2 amide bonds. The summed E-state index contributed by atoms with van der Waals surface area (Å²) >= 11 is 0. The Morgan fingerprint density at radius 1 is 1.24 bits per heavy atom. The van der Waals surface area contributed by atoms with E-state index in [1.54, 1.807) is 37.3 Å². The van der Waals surface area contributed by atoms with Crippen LogP contribution in [0.4, 0.5) is 5.82 Å². The topological polar surface area (TPSA) is 110 Å². The van der Waals surface area contributed by atoms with Gasteiger partial charge in [0, 0.05) is 25.0 Å². The number of fused-ring (bicyclic) bond motifs is 1. The summed E-state index contributed by atoms with van der Waals surface area (Å²) in [5.74, 6) is 0.146. The molecular weight excluding hydrogens is 374 g/mol. The number of anilines is 1. The van der Waals surface area contributed by atoms with Crippen molar-refractivity contribution >= 4 is 28.4 Å². The van der Waals surface area contributed by atoms with Crippen LogP contribution in [0.3, 0.4) is 0 Å². The van der Waals surface area contributed by atoms with Gasteiger partial charge in [0.15, 0.2) is 11.5 Å². The van der Waals surface area contributed by atoms with Crippen LogP contribution in [0.1, 0.15) is 30.1 Å². The number of aryl methyl sites for hydroxylation is 1. The second-order valence-corrected chi connectivity index (χ2v) is 7.31. The molecule has 0 unspecified atom stereocenters. The van der Waals surface area contributed by atoms with Gasteiger partial charge in [0.25, 0.3) is 11.5 Å². The van der Waals surface area contributed by atoms with Crippen LogP contribution in [0.2, 0.25) is 0 Å². The molecule has 2 heterocycles. The highest BCUT2D eigenvalue weighted by molar-refractivity contribution is 6.06. The minimum atomic E-state index is -0.454. The Kier molecular flexibility index (Phi) is 5.76. The average Bonchev–Trinajstić information content (AvgIpc) is 3.07. The van der Waals surface area contributed by atoms with Crippen LogP contribution >= 0.6 is 0 Å². The molecule has 0 aliphatic rings. The predicted molar refractivity (Wildman–Crippen MR) is 108 cm³/mol. The summed E-state index contributed by atoms with van der Waals surface area (Å²) in [6, 6.07) is 8.42. The Morgan fingerprint density at radius 2 is 1.93 bits per heavy atom. The molecule has 1 aromatic carbocycles. The first kappa shape index (κ1) is 20.2. The lowest BCUT2D eigenvalue weighted by Gasteiger charge is -2.18. The average molecular weight is 397 g/mol. The Bertz CT molecular complexity index is 1120. The standard InChI is InChI=1S/C20H23N5O4/c1-12(2)10-25-19(27)15-8-6-5-7-14(15)18(22-25)20(28)24(4)11-17(26)21-16-9-13(3)29-23-16/h5-9,12H,10-11H2,1-4H3,(H,21,23,26). The molecule has 0 saturated heterocycles. The van der Waals surface area contributed by atoms with E-state index in [1.165, 1.54) is 16.6 Å². The summed E-state index contributed by atoms with van der Waals surface area (Å²) in [6.45, 7) is 5.82. The second-order valence-electron chi connectivity index (χ2n) is 7.31. The van der Waals surface area contributed by atoms with E-state index in [0.717, 1.165) is 0 Å². The van der Waals surface area contributed by atoms with Crippen LogP contribution < -0.4 is 10.9 Å². The summed E-state index contributed by atoms with van der Waals surface area (Å²) in [7, 11) is 1.50. The number of hydrogen-bond acceptors (Lipinski definition) is 6. The van der Waals surface area contributed by atoms with Crippen LogP contribution in [-0.2, 0) is 11.3 Å². The van der Waals surface area contributed by atoms with E-state index in [2.05, 4.69) is 15.6 Å². The van der Waals surface area contributed by atoms with Crippen molar-refractivity contribution in [1.82, 2.24) is 19.8 Å². The van der Waals surface area contributed by atoms with Gasteiger partial charge in [0.2, 0.25) is 5.91 Å². The fraction of sp³-hybridized carbons (Fsp3) is 0.350. The van der Waals surface area contributed by atoms with Gasteiger partial charge in [0.1, 0.15) is 5.76 Å². The predicted octanol–water partition coefficient (Wildman–Crippen LogP) is 2.06. The zero-order valence-corrected chi connectivity index (χ0v) is 16.8. The molecule has 1 N–H and O–H groups in total. The number of hydrogen-bond donors (Lipinski definition) is 1. The molecule has 0 saturated carbocycles. The molecule has 29 heavy (non-hydrogen) atoms. The van der Waals surface area contributed by atoms with Gasteiger partial charge in [-0.2, -0.15) is 5.10 Å². The van der Waals surface area contributed by atoms with Crippen molar-refractivity contribution in [3.8, 4) is 0 Å². The van der Waals surface area contributed by atoms with Crippen molar-refractivity contribution in [2.75, 3.05) is 18.9 Å². The first-order chi connectivity index (χ1) is 13.8. The molecule has 0 fully saturated rings. The number of carbonyl (C=O) groups is 2. The van der Waals surface area contributed by atoms with Crippen molar-refractivity contribution in [3.05, 3.63) is 52.1 Å².